The predicted octanol–water partition coefficient (Wildman–Crippen LogP) is 5.82. The first-order valence-electron chi connectivity index (χ1n) is 12.0. The molecule has 5 nitrogen and oxygen atoms in total. The van der Waals surface area contributed by atoms with Crippen LogP contribution in [0.15, 0.2) is 72.8 Å². The summed E-state index contributed by atoms with van der Waals surface area (Å²) < 4.78 is 20.5. The van der Waals surface area contributed by atoms with Crippen molar-refractivity contribution in [2.75, 3.05) is 44.3 Å². The minimum Gasteiger partial charge on any atom is -0.379 e. The largest absolute Gasteiger partial charge is 0.379 e. The number of nitrogens with zero attached hydrogens (tertiary/aromatic N) is 3. The van der Waals surface area contributed by atoms with Crippen LogP contribution in [-0.2, 0) is 16.0 Å². The lowest BCUT2D eigenvalue weighted by atomic mass is 10.0. The van der Waals surface area contributed by atoms with Gasteiger partial charge in [0.15, 0.2) is 5.13 Å². The summed E-state index contributed by atoms with van der Waals surface area (Å²) in [6.07, 6.45) is 1.09. The average Bonchev–Trinajstić information content (AvgIpc) is 3.33. The van der Waals surface area contributed by atoms with Crippen LogP contribution < -0.4 is 4.90 Å². The van der Waals surface area contributed by atoms with Gasteiger partial charge in [0.25, 0.3) is 0 Å². The molecule has 2 heterocycles. The predicted molar refractivity (Wildman–Crippen MR) is 147 cm³/mol. The van der Waals surface area contributed by atoms with Gasteiger partial charge in [0.1, 0.15) is 11.3 Å². The number of benzene rings is 3. The van der Waals surface area contributed by atoms with Crippen LogP contribution in [0.25, 0.3) is 21.3 Å². The van der Waals surface area contributed by atoms with E-state index in [2.05, 4.69) is 22.0 Å². The number of aromatic nitrogens is 1. The van der Waals surface area contributed by atoms with E-state index in [9.17, 15) is 9.18 Å². The van der Waals surface area contributed by atoms with Crippen molar-refractivity contribution in [3.8, 4) is 11.1 Å². The number of para-hydroxylation sites is 1. The number of halogens is 2. The van der Waals surface area contributed by atoms with Gasteiger partial charge >= 0.3 is 0 Å². The number of amides is 1. The van der Waals surface area contributed by atoms with Crippen molar-refractivity contribution < 1.29 is 13.9 Å². The first-order valence-corrected chi connectivity index (χ1v) is 12.8. The van der Waals surface area contributed by atoms with Gasteiger partial charge in [-0.2, -0.15) is 0 Å². The smallest absolute Gasteiger partial charge is 0.233 e. The van der Waals surface area contributed by atoms with Crippen molar-refractivity contribution in [3.63, 3.8) is 0 Å². The maximum absolute atomic E-state index is 14.3. The molecule has 1 aromatic heterocycles. The van der Waals surface area contributed by atoms with E-state index in [0.717, 1.165) is 60.7 Å². The van der Waals surface area contributed by atoms with Gasteiger partial charge in [-0.3, -0.25) is 14.6 Å². The molecule has 3 aromatic carbocycles. The van der Waals surface area contributed by atoms with Crippen LogP contribution in [0.1, 0.15) is 12.0 Å². The summed E-state index contributed by atoms with van der Waals surface area (Å²) in [6, 6.07) is 23.2. The third-order valence-electron chi connectivity index (χ3n) is 6.27. The Morgan fingerprint density at radius 1 is 0.972 bits per heavy atom. The number of thiazole rings is 1. The number of morpholine rings is 1. The normalized spacial score (nSPS) is 13.9. The topological polar surface area (TPSA) is 45.7 Å². The number of carbonyl (C=O) groups excluding carboxylic acids is 1. The fraction of sp³-hybridized carbons (Fsp3) is 0.286. The molecule has 0 bridgehead atoms. The van der Waals surface area contributed by atoms with Crippen LogP contribution >= 0.6 is 23.7 Å². The fourth-order valence-electron chi connectivity index (χ4n) is 4.34. The number of ether oxygens (including phenoxy) is 1. The van der Waals surface area contributed by atoms with Crippen LogP contribution in [0.5, 0.6) is 0 Å². The first kappa shape index (κ1) is 26.2. The van der Waals surface area contributed by atoms with Crippen LogP contribution in [0.2, 0.25) is 0 Å². The fourth-order valence-corrected chi connectivity index (χ4v) is 5.36. The number of anilines is 1. The number of hydrogen-bond acceptors (Lipinski definition) is 5. The van der Waals surface area contributed by atoms with E-state index in [-0.39, 0.29) is 30.6 Å². The van der Waals surface area contributed by atoms with Gasteiger partial charge in [-0.05, 0) is 35.2 Å². The third kappa shape index (κ3) is 6.28. The highest BCUT2D eigenvalue weighted by atomic mass is 35.5. The van der Waals surface area contributed by atoms with Crippen LogP contribution in [0.3, 0.4) is 0 Å². The number of rotatable bonds is 8. The Labute approximate surface area is 220 Å². The van der Waals surface area contributed by atoms with E-state index in [1.807, 2.05) is 48.5 Å². The second kappa shape index (κ2) is 12.4. The van der Waals surface area contributed by atoms with Gasteiger partial charge in [0.05, 0.1) is 24.3 Å². The van der Waals surface area contributed by atoms with Crippen molar-refractivity contribution in [2.45, 2.75) is 12.8 Å². The van der Waals surface area contributed by atoms with E-state index in [0.29, 0.717) is 17.2 Å². The highest BCUT2D eigenvalue weighted by Gasteiger charge is 2.21. The molecule has 0 atom stereocenters. The molecule has 4 aromatic rings. The molecule has 0 radical (unpaired) electrons. The standard InChI is InChI=1S/C28H28FN3O2S.ClH/c29-24-8-4-9-25-27(24)30-28(35-25)32(15-5-14-31-16-18-34-19-17-31)26(33)20-21-10-12-23(13-11-21)22-6-2-1-3-7-22;/h1-4,6-13H,5,14-20H2;1H. The van der Waals surface area contributed by atoms with Crippen molar-refractivity contribution in [3.05, 3.63) is 84.2 Å². The second-order valence-electron chi connectivity index (χ2n) is 8.68. The lowest BCUT2D eigenvalue weighted by molar-refractivity contribution is -0.118. The number of hydrogen-bond donors (Lipinski definition) is 0. The Balaban J connectivity index is 0.00000304. The average molecular weight is 526 g/mol. The van der Waals surface area contributed by atoms with Gasteiger partial charge in [-0.15, -0.1) is 12.4 Å². The molecule has 0 spiro atoms. The zero-order valence-corrected chi connectivity index (χ0v) is 21.6. The van der Waals surface area contributed by atoms with E-state index in [1.165, 1.54) is 17.4 Å². The summed E-state index contributed by atoms with van der Waals surface area (Å²) in [5.74, 6) is -0.388. The first-order chi connectivity index (χ1) is 17.2. The zero-order chi connectivity index (χ0) is 24.0. The van der Waals surface area contributed by atoms with Crippen molar-refractivity contribution >= 4 is 45.0 Å². The Morgan fingerprint density at radius 2 is 1.69 bits per heavy atom. The molecule has 0 saturated carbocycles. The number of fused-ring (bicyclic) bond motifs is 1. The molecule has 0 N–H and O–H groups in total. The molecule has 0 unspecified atom stereocenters. The van der Waals surface area contributed by atoms with Crippen molar-refractivity contribution in [1.82, 2.24) is 9.88 Å². The Kier molecular flexibility index (Phi) is 9.04. The zero-order valence-electron chi connectivity index (χ0n) is 19.9. The van der Waals surface area contributed by atoms with E-state index in [1.54, 1.807) is 11.0 Å². The number of carbonyl (C=O) groups is 1. The summed E-state index contributed by atoms with van der Waals surface area (Å²) in [5.41, 5.74) is 3.53. The minimum absolute atomic E-state index is 0. The van der Waals surface area contributed by atoms with E-state index < -0.39 is 0 Å². The molecule has 1 fully saturated rings. The maximum Gasteiger partial charge on any atom is 0.233 e. The summed E-state index contributed by atoms with van der Waals surface area (Å²) in [4.78, 5) is 22.1. The Bertz CT molecular complexity index is 1280. The molecule has 8 heteroatoms. The summed E-state index contributed by atoms with van der Waals surface area (Å²) in [5, 5.41) is 0.554. The molecule has 0 aliphatic carbocycles. The Hall–Kier alpha value is -2.84. The van der Waals surface area contributed by atoms with Crippen LogP contribution in [-0.4, -0.2) is 55.2 Å². The molecule has 36 heavy (non-hydrogen) atoms. The molecule has 1 aliphatic heterocycles. The van der Waals surface area contributed by atoms with Gasteiger partial charge in [-0.25, -0.2) is 9.37 Å². The van der Waals surface area contributed by atoms with Gasteiger partial charge in [0.2, 0.25) is 5.91 Å². The van der Waals surface area contributed by atoms with Gasteiger partial charge in [-0.1, -0.05) is 72.0 Å². The maximum atomic E-state index is 14.3. The second-order valence-corrected chi connectivity index (χ2v) is 9.68. The molecule has 188 valence electrons. The van der Waals surface area contributed by atoms with Crippen molar-refractivity contribution in [2.24, 2.45) is 0 Å². The van der Waals surface area contributed by atoms with Crippen LogP contribution in [0.4, 0.5) is 9.52 Å². The molecule has 1 amide bonds. The SMILES string of the molecule is Cl.O=C(Cc1ccc(-c2ccccc2)cc1)N(CCCN1CCOCC1)c1nc2c(F)cccc2s1. The third-order valence-corrected chi connectivity index (χ3v) is 7.31. The molecule has 1 aliphatic rings. The van der Waals surface area contributed by atoms with Crippen LogP contribution in [0, 0.1) is 5.82 Å². The summed E-state index contributed by atoms with van der Waals surface area (Å²) >= 11 is 1.36. The Morgan fingerprint density at radius 3 is 2.42 bits per heavy atom. The summed E-state index contributed by atoms with van der Waals surface area (Å²) in [7, 11) is 0. The highest BCUT2D eigenvalue weighted by molar-refractivity contribution is 7.22. The van der Waals surface area contributed by atoms with Gasteiger partial charge < -0.3 is 4.74 Å². The lowest BCUT2D eigenvalue weighted by Gasteiger charge is -2.27. The minimum atomic E-state index is -0.359. The van der Waals surface area contributed by atoms with Gasteiger partial charge in [0, 0.05) is 26.2 Å². The quantitative estimate of drug-likeness (QED) is 0.291. The molecule has 5 rings (SSSR count). The lowest BCUT2D eigenvalue weighted by Crippen LogP contribution is -2.39. The van der Waals surface area contributed by atoms with Crippen molar-refractivity contribution in [1.29, 1.82) is 0 Å². The molecular formula is C28H29ClFN3O2S. The molecule has 1 saturated heterocycles. The van der Waals surface area contributed by atoms with E-state index in [4.69, 9.17) is 4.74 Å². The highest BCUT2D eigenvalue weighted by Crippen LogP contribution is 2.31. The molecular weight excluding hydrogens is 497 g/mol. The van der Waals surface area contributed by atoms with E-state index >= 15 is 0 Å². The monoisotopic (exact) mass is 525 g/mol. The summed E-state index contributed by atoms with van der Waals surface area (Å²) in [6.45, 7) is 4.75.